The Morgan fingerprint density at radius 3 is 2.54 bits per heavy atom. The predicted octanol–water partition coefficient (Wildman–Crippen LogP) is 2.79. The number of nitrogens with two attached hydrogens (primary N) is 1. The number of carbonyl (C=O) groups excluding carboxylic acids is 1. The number of rotatable bonds is 6. The Kier molecular flexibility index (Phi) is 5.46. The Labute approximate surface area is 136 Å². The highest BCUT2D eigenvalue weighted by Gasteiger charge is 2.33. The van der Waals surface area contributed by atoms with E-state index in [2.05, 4.69) is 0 Å². The molecule has 1 atom stereocenters. The molecule has 0 aliphatic carbocycles. The predicted molar refractivity (Wildman–Crippen MR) is 81.6 cm³/mol. The van der Waals surface area contributed by atoms with E-state index in [0.29, 0.717) is 5.75 Å². The molecule has 0 saturated heterocycles. The molecular weight excluding hydrogens is 323 g/mol. The highest BCUT2D eigenvalue weighted by molar-refractivity contribution is 5.93. The van der Waals surface area contributed by atoms with Crippen LogP contribution in [0.3, 0.4) is 0 Å². The van der Waals surface area contributed by atoms with Gasteiger partial charge in [0.15, 0.2) is 0 Å². The van der Waals surface area contributed by atoms with Gasteiger partial charge >= 0.3 is 6.18 Å². The van der Waals surface area contributed by atoms with E-state index < -0.39 is 23.8 Å². The van der Waals surface area contributed by atoms with Crippen molar-refractivity contribution in [2.24, 2.45) is 5.73 Å². The highest BCUT2D eigenvalue weighted by Crippen LogP contribution is 2.32. The Morgan fingerprint density at radius 1 is 1.17 bits per heavy atom. The van der Waals surface area contributed by atoms with Crippen molar-refractivity contribution in [3.8, 4) is 5.75 Å². The van der Waals surface area contributed by atoms with E-state index >= 15 is 0 Å². The molecule has 0 bridgehead atoms. The van der Waals surface area contributed by atoms with Crippen LogP contribution in [0.4, 0.5) is 13.2 Å². The number of hydrogen-bond donors (Lipinski definition) is 2. The fourth-order valence-electron chi connectivity index (χ4n) is 2.22. The standard InChI is InChI=1S/C17H16F3NO3/c18-17(19,20)15-7-2-1-4-11(15)8-13(22)10-24-14-6-3-5-12(9-14)16(21)23/h1-7,9,13,22H,8,10H2,(H2,21,23)/t13-/m1/s1. The Hall–Kier alpha value is -2.54. The first-order chi connectivity index (χ1) is 11.3. The molecule has 4 nitrogen and oxygen atoms in total. The van der Waals surface area contributed by atoms with Crippen molar-refractivity contribution >= 4 is 5.91 Å². The molecule has 0 radical (unpaired) electrons. The number of halogens is 3. The molecule has 0 saturated carbocycles. The van der Waals surface area contributed by atoms with Crippen LogP contribution in [0, 0.1) is 0 Å². The minimum atomic E-state index is -4.48. The average Bonchev–Trinajstić information content (AvgIpc) is 2.52. The van der Waals surface area contributed by atoms with Gasteiger partial charge in [-0.05, 0) is 29.8 Å². The van der Waals surface area contributed by atoms with Crippen molar-refractivity contribution in [3.63, 3.8) is 0 Å². The first-order valence-electron chi connectivity index (χ1n) is 7.13. The van der Waals surface area contributed by atoms with E-state index in [0.717, 1.165) is 6.07 Å². The number of alkyl halides is 3. The second-order valence-corrected chi connectivity index (χ2v) is 5.22. The summed E-state index contributed by atoms with van der Waals surface area (Å²) in [4.78, 5) is 11.1. The molecule has 0 aliphatic heterocycles. The molecule has 0 fully saturated rings. The van der Waals surface area contributed by atoms with E-state index in [1.165, 1.54) is 30.3 Å². The zero-order valence-electron chi connectivity index (χ0n) is 12.6. The molecule has 1 amide bonds. The zero-order chi connectivity index (χ0) is 17.7. The maximum atomic E-state index is 12.9. The van der Waals surface area contributed by atoms with Gasteiger partial charge in [0.2, 0.25) is 5.91 Å². The molecule has 2 aromatic rings. The SMILES string of the molecule is NC(=O)c1cccc(OC[C@H](O)Cc2ccccc2C(F)(F)F)c1. The summed E-state index contributed by atoms with van der Waals surface area (Å²) in [7, 11) is 0. The number of amides is 1. The molecule has 2 rings (SSSR count). The van der Waals surface area contributed by atoms with Crippen LogP contribution in [-0.4, -0.2) is 23.7 Å². The van der Waals surface area contributed by atoms with Gasteiger partial charge < -0.3 is 15.6 Å². The Bertz CT molecular complexity index is 716. The molecule has 0 spiro atoms. The number of aliphatic hydroxyl groups excluding tert-OH is 1. The van der Waals surface area contributed by atoms with Crippen LogP contribution in [0.25, 0.3) is 0 Å². The third-order valence-corrected chi connectivity index (χ3v) is 3.34. The molecular formula is C17H16F3NO3. The van der Waals surface area contributed by atoms with Gasteiger partial charge in [-0.15, -0.1) is 0 Å². The topological polar surface area (TPSA) is 72.6 Å². The lowest BCUT2D eigenvalue weighted by Gasteiger charge is -2.16. The van der Waals surface area contributed by atoms with E-state index in [1.54, 1.807) is 12.1 Å². The highest BCUT2D eigenvalue weighted by atomic mass is 19.4. The van der Waals surface area contributed by atoms with Crippen molar-refractivity contribution < 1.29 is 27.8 Å². The molecule has 7 heteroatoms. The summed E-state index contributed by atoms with van der Waals surface area (Å²) >= 11 is 0. The molecule has 3 N–H and O–H groups in total. The minimum absolute atomic E-state index is 0.00742. The maximum Gasteiger partial charge on any atom is 0.416 e. The lowest BCUT2D eigenvalue weighted by Crippen LogP contribution is -2.22. The van der Waals surface area contributed by atoms with Gasteiger partial charge in [-0.1, -0.05) is 24.3 Å². The minimum Gasteiger partial charge on any atom is -0.491 e. The normalized spacial score (nSPS) is 12.7. The largest absolute Gasteiger partial charge is 0.491 e. The number of hydrogen-bond acceptors (Lipinski definition) is 3. The zero-order valence-corrected chi connectivity index (χ0v) is 12.6. The average molecular weight is 339 g/mol. The molecule has 0 aliphatic rings. The Morgan fingerprint density at radius 2 is 1.88 bits per heavy atom. The lowest BCUT2D eigenvalue weighted by atomic mass is 10.0. The fraction of sp³-hybridized carbons (Fsp3) is 0.235. The molecule has 0 aromatic heterocycles. The van der Waals surface area contributed by atoms with Crippen LogP contribution in [0.1, 0.15) is 21.5 Å². The Balaban J connectivity index is 2.01. The number of carbonyl (C=O) groups is 1. The summed E-state index contributed by atoms with van der Waals surface area (Å²) in [5.74, 6) is -0.324. The smallest absolute Gasteiger partial charge is 0.416 e. The first-order valence-corrected chi connectivity index (χ1v) is 7.13. The van der Waals surface area contributed by atoms with E-state index in [1.807, 2.05) is 0 Å². The summed E-state index contributed by atoms with van der Waals surface area (Å²) < 4.78 is 44.1. The van der Waals surface area contributed by atoms with E-state index in [-0.39, 0.29) is 24.2 Å². The summed E-state index contributed by atoms with van der Waals surface area (Å²) in [6.07, 6.45) is -5.82. The van der Waals surface area contributed by atoms with Gasteiger partial charge in [-0.25, -0.2) is 0 Å². The number of primary amides is 1. The quantitative estimate of drug-likeness (QED) is 0.850. The van der Waals surface area contributed by atoms with E-state index in [4.69, 9.17) is 10.5 Å². The second kappa shape index (κ2) is 7.35. The fourth-order valence-corrected chi connectivity index (χ4v) is 2.22. The maximum absolute atomic E-state index is 12.9. The molecule has 0 unspecified atom stereocenters. The number of ether oxygens (including phenoxy) is 1. The van der Waals surface area contributed by atoms with Crippen LogP contribution >= 0.6 is 0 Å². The van der Waals surface area contributed by atoms with Crippen LogP contribution < -0.4 is 10.5 Å². The summed E-state index contributed by atoms with van der Waals surface area (Å²) in [6, 6.07) is 11.1. The van der Waals surface area contributed by atoms with Crippen molar-refractivity contribution in [1.29, 1.82) is 0 Å². The van der Waals surface area contributed by atoms with E-state index in [9.17, 15) is 23.1 Å². The lowest BCUT2D eigenvalue weighted by molar-refractivity contribution is -0.138. The number of aliphatic hydroxyl groups is 1. The van der Waals surface area contributed by atoms with Crippen molar-refractivity contribution in [2.75, 3.05) is 6.61 Å². The van der Waals surface area contributed by atoms with Crippen molar-refractivity contribution in [3.05, 3.63) is 65.2 Å². The third kappa shape index (κ3) is 4.73. The van der Waals surface area contributed by atoms with Gasteiger partial charge in [0.25, 0.3) is 0 Å². The molecule has 2 aromatic carbocycles. The molecule has 128 valence electrons. The third-order valence-electron chi connectivity index (χ3n) is 3.34. The summed E-state index contributed by atoms with van der Waals surface area (Å²) in [5.41, 5.74) is 4.60. The van der Waals surface area contributed by atoms with Crippen LogP contribution in [-0.2, 0) is 12.6 Å². The second-order valence-electron chi connectivity index (χ2n) is 5.22. The molecule has 0 heterocycles. The van der Waals surface area contributed by atoms with Gasteiger partial charge in [-0.3, -0.25) is 4.79 Å². The summed E-state index contributed by atoms with van der Waals surface area (Å²) in [5, 5.41) is 9.95. The van der Waals surface area contributed by atoms with Gasteiger partial charge in [0.05, 0.1) is 11.7 Å². The van der Waals surface area contributed by atoms with Gasteiger partial charge in [0.1, 0.15) is 12.4 Å². The van der Waals surface area contributed by atoms with Crippen molar-refractivity contribution in [2.45, 2.75) is 18.7 Å². The van der Waals surface area contributed by atoms with Gasteiger partial charge in [0, 0.05) is 12.0 Å². The van der Waals surface area contributed by atoms with Crippen LogP contribution in [0.15, 0.2) is 48.5 Å². The summed E-state index contributed by atoms with van der Waals surface area (Å²) in [6.45, 7) is -0.214. The number of benzene rings is 2. The first kappa shape index (κ1) is 17.8. The van der Waals surface area contributed by atoms with Crippen molar-refractivity contribution in [1.82, 2.24) is 0 Å². The van der Waals surface area contributed by atoms with Gasteiger partial charge in [-0.2, -0.15) is 13.2 Å². The molecule has 24 heavy (non-hydrogen) atoms. The monoisotopic (exact) mass is 339 g/mol. The van der Waals surface area contributed by atoms with Crippen LogP contribution in [0.5, 0.6) is 5.75 Å². The van der Waals surface area contributed by atoms with Crippen LogP contribution in [0.2, 0.25) is 0 Å².